The third-order valence-electron chi connectivity index (χ3n) is 3.80. The predicted octanol–water partition coefficient (Wildman–Crippen LogP) is 3.61. The molecule has 0 heterocycles. The van der Waals surface area contributed by atoms with Crippen LogP contribution in [0.3, 0.4) is 0 Å². The van der Waals surface area contributed by atoms with Gasteiger partial charge in [-0.2, -0.15) is 0 Å². The van der Waals surface area contributed by atoms with Gasteiger partial charge in [-0.05, 0) is 37.0 Å². The molecule has 0 aromatic heterocycles. The minimum absolute atomic E-state index is 0.155. The molecule has 0 saturated heterocycles. The molecule has 1 rings (SSSR count). The zero-order valence-corrected chi connectivity index (χ0v) is 15.3. The van der Waals surface area contributed by atoms with E-state index in [1.54, 1.807) is 0 Å². The fourth-order valence-corrected chi connectivity index (χ4v) is 2.16. The van der Waals surface area contributed by atoms with Crippen LogP contribution >= 0.6 is 0 Å². The molecule has 0 aliphatic carbocycles. The van der Waals surface area contributed by atoms with Crippen LogP contribution in [-0.4, -0.2) is 51.4 Å². The van der Waals surface area contributed by atoms with Gasteiger partial charge in [0.1, 0.15) is 12.5 Å². The number of carbonyl (C=O) groups excluding carboxylic acids is 1. The number of hydrogen-bond donors (Lipinski definition) is 0. The summed E-state index contributed by atoms with van der Waals surface area (Å²) in [5.74, 6) is 1.30. The van der Waals surface area contributed by atoms with Crippen LogP contribution in [0.1, 0.15) is 38.7 Å². The highest BCUT2D eigenvalue weighted by molar-refractivity contribution is 5.67. The molecule has 0 saturated carbocycles. The number of amides is 1. The second-order valence-corrected chi connectivity index (χ2v) is 5.59. The minimum Gasteiger partial charge on any atom is -0.465 e. The van der Waals surface area contributed by atoms with E-state index in [2.05, 4.69) is 30.7 Å². The molecule has 0 aliphatic heterocycles. The highest BCUT2D eigenvalue weighted by Crippen LogP contribution is 2.22. The van der Waals surface area contributed by atoms with Crippen molar-refractivity contribution in [2.75, 3.05) is 34.1 Å². The summed E-state index contributed by atoms with van der Waals surface area (Å²) in [4.78, 5) is 12.9. The fraction of sp³-hybridized carbons (Fsp3) is 0.611. The molecule has 0 spiro atoms. The van der Waals surface area contributed by atoms with Crippen molar-refractivity contribution in [1.29, 1.82) is 0 Å². The number of carbonyl (C=O) groups is 1. The molecule has 2 atom stereocenters. The molecule has 136 valence electrons. The van der Waals surface area contributed by atoms with Crippen molar-refractivity contribution in [2.24, 2.45) is 0 Å². The monoisotopic (exact) mass is 339 g/mol. The topological polar surface area (TPSA) is 57.2 Å². The largest absolute Gasteiger partial charge is 0.465 e. The number of ether oxygens (including phenoxy) is 4. The Kier molecular flexibility index (Phi) is 9.19. The molecule has 6 heteroatoms. The normalized spacial score (nSPS) is 13.2. The van der Waals surface area contributed by atoms with Crippen LogP contribution in [0, 0.1) is 0 Å². The van der Waals surface area contributed by atoms with Crippen LogP contribution in [-0.2, 0) is 14.2 Å². The van der Waals surface area contributed by atoms with Gasteiger partial charge in [0, 0.05) is 13.7 Å². The number of nitrogens with zero attached hydrogens (tertiary/aromatic N) is 1. The summed E-state index contributed by atoms with van der Waals surface area (Å²) in [5.41, 5.74) is 1.30. The van der Waals surface area contributed by atoms with Crippen molar-refractivity contribution in [1.82, 2.24) is 4.90 Å². The maximum absolute atomic E-state index is 11.5. The van der Waals surface area contributed by atoms with Gasteiger partial charge < -0.3 is 18.9 Å². The molecule has 0 radical (unpaired) electrons. The van der Waals surface area contributed by atoms with E-state index in [9.17, 15) is 4.79 Å². The number of methoxy groups -OCH3 is 2. The van der Waals surface area contributed by atoms with E-state index in [4.69, 9.17) is 14.2 Å². The molecule has 1 amide bonds. The lowest BCUT2D eigenvalue weighted by atomic mass is 9.99. The summed E-state index contributed by atoms with van der Waals surface area (Å²) in [5, 5.41) is 0. The van der Waals surface area contributed by atoms with Crippen LogP contribution in [0.15, 0.2) is 24.3 Å². The molecule has 1 aromatic carbocycles. The third-order valence-corrected chi connectivity index (χ3v) is 3.80. The molecular formula is C18H29NO5. The molecule has 0 fully saturated rings. The summed E-state index contributed by atoms with van der Waals surface area (Å²) in [6, 6.07) is 8.06. The summed E-state index contributed by atoms with van der Waals surface area (Å²) >= 11 is 0. The van der Waals surface area contributed by atoms with Crippen molar-refractivity contribution in [3.05, 3.63) is 29.8 Å². The first-order valence-electron chi connectivity index (χ1n) is 8.21. The van der Waals surface area contributed by atoms with Gasteiger partial charge >= 0.3 is 6.09 Å². The Morgan fingerprint density at radius 1 is 1.17 bits per heavy atom. The Hall–Kier alpha value is -1.79. The Morgan fingerprint density at radius 2 is 1.83 bits per heavy atom. The van der Waals surface area contributed by atoms with E-state index in [-0.39, 0.29) is 6.73 Å². The summed E-state index contributed by atoms with van der Waals surface area (Å²) in [7, 11) is 2.85. The number of hydrogen-bond acceptors (Lipinski definition) is 5. The van der Waals surface area contributed by atoms with Gasteiger partial charge in [-0.3, -0.25) is 4.90 Å². The summed E-state index contributed by atoms with van der Waals surface area (Å²) in [6.07, 6.45) is 0.244. The lowest BCUT2D eigenvalue weighted by Gasteiger charge is -2.21. The fourth-order valence-electron chi connectivity index (χ4n) is 2.16. The van der Waals surface area contributed by atoms with Gasteiger partial charge in [0.05, 0.1) is 13.7 Å². The maximum Gasteiger partial charge on any atom is 0.411 e. The van der Waals surface area contributed by atoms with E-state index in [1.807, 2.05) is 19.1 Å². The summed E-state index contributed by atoms with van der Waals surface area (Å²) in [6.45, 7) is 7.04. The van der Waals surface area contributed by atoms with E-state index in [0.29, 0.717) is 19.1 Å². The minimum atomic E-state index is -0.449. The highest BCUT2D eigenvalue weighted by atomic mass is 16.7. The van der Waals surface area contributed by atoms with Gasteiger partial charge in [-0.1, -0.05) is 26.0 Å². The number of benzene rings is 1. The van der Waals surface area contributed by atoms with Crippen LogP contribution in [0.25, 0.3) is 0 Å². The van der Waals surface area contributed by atoms with Crippen molar-refractivity contribution < 1.29 is 23.7 Å². The van der Waals surface area contributed by atoms with Gasteiger partial charge in [0.2, 0.25) is 0 Å². The standard InChI is InChI=1S/C18H29NO5/c1-6-14(2)16-7-9-17(10-8-16)24-15(3)23-12-11-19(13-21-4)18(20)22-5/h7-10,14-15H,6,11-13H2,1-5H3. The van der Waals surface area contributed by atoms with Gasteiger partial charge in [-0.25, -0.2) is 4.79 Å². The molecule has 24 heavy (non-hydrogen) atoms. The van der Waals surface area contributed by atoms with Crippen LogP contribution in [0.2, 0.25) is 0 Å². The van der Waals surface area contributed by atoms with Crippen molar-refractivity contribution >= 4 is 6.09 Å². The van der Waals surface area contributed by atoms with E-state index in [0.717, 1.165) is 12.2 Å². The van der Waals surface area contributed by atoms with Crippen molar-refractivity contribution in [2.45, 2.75) is 39.4 Å². The van der Waals surface area contributed by atoms with E-state index < -0.39 is 12.4 Å². The molecule has 6 nitrogen and oxygen atoms in total. The first-order chi connectivity index (χ1) is 11.5. The molecule has 0 aliphatic rings. The van der Waals surface area contributed by atoms with Crippen LogP contribution in [0.4, 0.5) is 4.79 Å². The Bertz CT molecular complexity index is 477. The zero-order chi connectivity index (χ0) is 17.9. The van der Waals surface area contributed by atoms with E-state index in [1.165, 1.54) is 24.7 Å². The third kappa shape index (κ3) is 6.76. The zero-order valence-electron chi connectivity index (χ0n) is 15.3. The first-order valence-corrected chi connectivity index (χ1v) is 8.21. The maximum atomic E-state index is 11.5. The lowest BCUT2D eigenvalue weighted by molar-refractivity contribution is -0.0752. The van der Waals surface area contributed by atoms with Gasteiger partial charge in [0.15, 0.2) is 6.29 Å². The SMILES string of the molecule is CCC(C)c1ccc(OC(C)OCCN(COC)C(=O)OC)cc1. The van der Waals surface area contributed by atoms with Gasteiger partial charge in [0.25, 0.3) is 0 Å². The molecule has 2 unspecified atom stereocenters. The molecule has 0 bridgehead atoms. The Labute approximate surface area is 144 Å². The first kappa shape index (κ1) is 20.3. The Balaban J connectivity index is 2.40. The smallest absolute Gasteiger partial charge is 0.411 e. The molecule has 1 aromatic rings. The second kappa shape index (κ2) is 10.9. The van der Waals surface area contributed by atoms with Crippen LogP contribution in [0.5, 0.6) is 5.75 Å². The summed E-state index contributed by atoms with van der Waals surface area (Å²) < 4.78 is 20.9. The quantitative estimate of drug-likeness (QED) is 0.610. The average molecular weight is 339 g/mol. The van der Waals surface area contributed by atoms with Crippen LogP contribution < -0.4 is 4.74 Å². The van der Waals surface area contributed by atoms with E-state index >= 15 is 0 Å². The highest BCUT2D eigenvalue weighted by Gasteiger charge is 2.14. The van der Waals surface area contributed by atoms with Crippen molar-refractivity contribution in [3.8, 4) is 5.75 Å². The number of rotatable bonds is 10. The predicted molar refractivity (Wildman–Crippen MR) is 92.2 cm³/mol. The molecule has 0 N–H and O–H groups in total. The average Bonchev–Trinajstić information content (AvgIpc) is 2.60. The lowest BCUT2D eigenvalue weighted by Crippen LogP contribution is -2.36. The van der Waals surface area contributed by atoms with Gasteiger partial charge in [-0.15, -0.1) is 0 Å². The second-order valence-electron chi connectivity index (χ2n) is 5.59. The molecular weight excluding hydrogens is 310 g/mol. The van der Waals surface area contributed by atoms with Crippen molar-refractivity contribution in [3.63, 3.8) is 0 Å². The Morgan fingerprint density at radius 3 is 2.38 bits per heavy atom.